The number of carbonyl (C=O) groups excluding carboxylic acids is 1. The molecule has 0 aliphatic carbocycles. The van der Waals surface area contributed by atoms with Crippen LogP contribution in [-0.2, 0) is 6.42 Å². The van der Waals surface area contributed by atoms with E-state index in [1.807, 2.05) is 0 Å². The van der Waals surface area contributed by atoms with Gasteiger partial charge in [0.05, 0.1) is 0 Å². The molecule has 24 heavy (non-hydrogen) atoms. The Morgan fingerprint density at radius 3 is 2.12 bits per heavy atom. The molecule has 138 valence electrons. The van der Waals surface area contributed by atoms with Gasteiger partial charge in [0, 0.05) is 30.1 Å². The summed E-state index contributed by atoms with van der Waals surface area (Å²) in [6.45, 7) is 8.70. The second-order valence-corrected chi connectivity index (χ2v) is 15.2. The summed E-state index contributed by atoms with van der Waals surface area (Å²) in [6, 6.07) is 6.42. The maximum atomic E-state index is 12.9. The van der Waals surface area contributed by atoms with Gasteiger partial charge in [0.15, 0.2) is 5.78 Å². The lowest BCUT2D eigenvalue weighted by molar-refractivity contribution is 0.102. The third kappa shape index (κ3) is 7.18. The molecular formula is C20H34BrNOS. The molecule has 1 aromatic rings. The van der Waals surface area contributed by atoms with Crippen molar-refractivity contribution in [3.8, 4) is 0 Å². The molecule has 0 heterocycles. The first-order valence-electron chi connectivity index (χ1n) is 9.14. The molecular weight excluding hydrogens is 382 g/mol. The molecule has 0 aliphatic heterocycles. The van der Waals surface area contributed by atoms with Gasteiger partial charge >= 0.3 is 0 Å². The van der Waals surface area contributed by atoms with Gasteiger partial charge < -0.3 is 4.90 Å². The zero-order valence-corrected chi connectivity index (χ0v) is 18.4. The van der Waals surface area contributed by atoms with E-state index in [0.717, 1.165) is 30.8 Å². The minimum absolute atomic E-state index is 0.266. The van der Waals surface area contributed by atoms with Crippen molar-refractivity contribution in [3.63, 3.8) is 0 Å². The summed E-state index contributed by atoms with van der Waals surface area (Å²) in [5, 5.41) is 0. The van der Waals surface area contributed by atoms with E-state index < -0.39 is 8.46 Å². The van der Waals surface area contributed by atoms with E-state index in [4.69, 9.17) is 0 Å². The van der Waals surface area contributed by atoms with Crippen LogP contribution in [0.15, 0.2) is 18.2 Å². The summed E-state index contributed by atoms with van der Waals surface area (Å²) in [6.07, 6.45) is 9.97. The predicted octanol–water partition coefficient (Wildman–Crippen LogP) is 6.21. The van der Waals surface area contributed by atoms with E-state index in [9.17, 15) is 4.79 Å². The minimum atomic E-state index is -1.02. The van der Waals surface area contributed by atoms with Gasteiger partial charge in [0.25, 0.3) is 0 Å². The first-order chi connectivity index (χ1) is 11.3. The molecule has 0 aliphatic rings. The van der Waals surface area contributed by atoms with Gasteiger partial charge in [-0.1, -0.05) is 39.7 Å². The quantitative estimate of drug-likeness (QED) is 0.400. The molecule has 0 amide bonds. The molecule has 0 fully saturated rings. The van der Waals surface area contributed by atoms with Gasteiger partial charge in [-0.15, -0.1) is 0 Å². The van der Waals surface area contributed by atoms with Crippen LogP contribution in [0.5, 0.6) is 0 Å². The van der Waals surface area contributed by atoms with Gasteiger partial charge in [-0.2, -0.15) is 8.46 Å². The maximum Gasteiger partial charge on any atom is 0.174 e. The number of rotatable bonds is 11. The molecule has 0 unspecified atom stereocenters. The molecule has 1 rings (SSSR count). The van der Waals surface area contributed by atoms with Crippen LogP contribution in [0.1, 0.15) is 62.4 Å². The topological polar surface area (TPSA) is 20.3 Å². The molecule has 0 saturated carbocycles. The molecule has 0 radical (unpaired) electrons. The van der Waals surface area contributed by atoms with E-state index in [1.54, 1.807) is 0 Å². The number of hydrogen-bond acceptors (Lipinski definition) is 2. The smallest absolute Gasteiger partial charge is 0.174 e. The SMILES string of the molecule is CCCCN(CCCC)c1cc(CC)ccc1C(=O)CS(C)(C)Br. The van der Waals surface area contributed by atoms with E-state index >= 15 is 0 Å². The summed E-state index contributed by atoms with van der Waals surface area (Å²) in [5.74, 6) is 0.864. The predicted molar refractivity (Wildman–Crippen MR) is 115 cm³/mol. The second-order valence-electron chi connectivity index (χ2n) is 6.87. The minimum Gasteiger partial charge on any atom is -0.371 e. The monoisotopic (exact) mass is 415 g/mol. The van der Waals surface area contributed by atoms with Gasteiger partial charge in [-0.25, -0.2) is 0 Å². The number of halogens is 1. The molecule has 4 heteroatoms. The van der Waals surface area contributed by atoms with Crippen molar-refractivity contribution >= 4 is 34.7 Å². The Bertz CT molecular complexity index is 517. The van der Waals surface area contributed by atoms with E-state index in [2.05, 4.69) is 71.2 Å². The van der Waals surface area contributed by atoms with Gasteiger partial charge in [-0.3, -0.25) is 4.79 Å². The van der Waals surface area contributed by atoms with E-state index in [-0.39, 0.29) is 5.78 Å². The summed E-state index contributed by atoms with van der Waals surface area (Å²) < 4.78 is 0. The maximum absolute atomic E-state index is 12.9. The van der Waals surface area contributed by atoms with Crippen LogP contribution in [0.2, 0.25) is 0 Å². The van der Waals surface area contributed by atoms with Crippen LogP contribution in [0.3, 0.4) is 0 Å². The summed E-state index contributed by atoms with van der Waals surface area (Å²) >= 11 is 3.70. The lowest BCUT2D eigenvalue weighted by Gasteiger charge is -2.29. The van der Waals surface area contributed by atoms with Crippen molar-refractivity contribution < 1.29 is 4.79 Å². The second kappa shape index (κ2) is 10.5. The van der Waals surface area contributed by atoms with Crippen molar-refractivity contribution in [3.05, 3.63) is 29.3 Å². The summed E-state index contributed by atoms with van der Waals surface area (Å²) in [5.41, 5.74) is 3.36. The number of unbranched alkanes of at least 4 members (excludes halogenated alkanes) is 2. The number of carbonyl (C=O) groups is 1. The molecule has 2 nitrogen and oxygen atoms in total. The van der Waals surface area contributed by atoms with Crippen LogP contribution in [0, 0.1) is 0 Å². The highest BCUT2D eigenvalue weighted by atomic mass is 79.9. The number of ketones is 1. The Morgan fingerprint density at radius 2 is 1.67 bits per heavy atom. The van der Waals surface area contributed by atoms with Gasteiger partial charge in [-0.05, 0) is 64.3 Å². The summed E-state index contributed by atoms with van der Waals surface area (Å²) in [4.78, 5) is 15.3. The van der Waals surface area contributed by atoms with Crippen molar-refractivity contribution in [2.24, 2.45) is 0 Å². The van der Waals surface area contributed by atoms with Crippen LogP contribution in [0.4, 0.5) is 5.69 Å². The average molecular weight is 416 g/mol. The highest BCUT2D eigenvalue weighted by Crippen LogP contribution is 2.48. The Morgan fingerprint density at radius 1 is 1.08 bits per heavy atom. The zero-order valence-electron chi connectivity index (χ0n) is 16.0. The normalized spacial score (nSPS) is 12.2. The van der Waals surface area contributed by atoms with Crippen LogP contribution in [0.25, 0.3) is 0 Å². The summed E-state index contributed by atoms with van der Waals surface area (Å²) in [7, 11) is -1.02. The first kappa shape index (κ1) is 21.6. The number of aryl methyl sites for hydroxylation is 1. The third-order valence-electron chi connectivity index (χ3n) is 4.15. The van der Waals surface area contributed by atoms with Gasteiger partial charge in [0.1, 0.15) is 0 Å². The first-order valence-corrected chi connectivity index (χ1v) is 13.6. The van der Waals surface area contributed by atoms with Crippen LogP contribution < -0.4 is 4.90 Å². The molecule has 0 N–H and O–H groups in total. The van der Waals surface area contributed by atoms with Crippen LogP contribution in [-0.4, -0.2) is 37.1 Å². The molecule has 0 spiro atoms. The van der Waals surface area contributed by atoms with Crippen LogP contribution >= 0.6 is 23.3 Å². The standard InChI is InChI=1S/C20H34BrNOS/c1-6-9-13-22(14-10-7-2)19-15-17(8-3)11-12-18(19)20(23)16-24(4,5)21/h11-12,15H,6-10,13-14,16H2,1-5H3. The lowest BCUT2D eigenvalue weighted by atomic mass is 10.0. The molecule has 0 atom stereocenters. The largest absolute Gasteiger partial charge is 0.371 e. The Kier molecular flexibility index (Phi) is 9.43. The molecule has 1 aromatic carbocycles. The highest BCUT2D eigenvalue weighted by molar-refractivity contribution is 9.58. The average Bonchev–Trinajstić information content (AvgIpc) is 2.53. The Balaban J connectivity index is 3.20. The molecule has 0 saturated heterocycles. The van der Waals surface area contributed by atoms with Crippen molar-refractivity contribution in [1.29, 1.82) is 0 Å². The molecule has 0 bridgehead atoms. The molecule has 0 aromatic heterocycles. The number of Topliss-reactive ketones (excluding diaryl/α,β-unsaturated/α-hetero) is 1. The van der Waals surface area contributed by atoms with Crippen molar-refractivity contribution in [2.45, 2.75) is 52.9 Å². The Hall–Kier alpha value is -0.480. The fraction of sp³-hybridized carbons (Fsp3) is 0.650. The van der Waals surface area contributed by atoms with E-state index in [1.165, 1.54) is 31.2 Å². The Labute approximate surface area is 157 Å². The fourth-order valence-electron chi connectivity index (χ4n) is 2.73. The number of hydrogen-bond donors (Lipinski definition) is 0. The zero-order chi connectivity index (χ0) is 18.2. The highest BCUT2D eigenvalue weighted by Gasteiger charge is 2.20. The van der Waals surface area contributed by atoms with Crippen molar-refractivity contribution in [2.75, 3.05) is 36.3 Å². The lowest BCUT2D eigenvalue weighted by Crippen LogP contribution is -2.28. The number of benzene rings is 1. The third-order valence-corrected chi connectivity index (χ3v) is 5.78. The number of nitrogens with zero attached hydrogens (tertiary/aromatic N) is 1. The number of anilines is 1. The van der Waals surface area contributed by atoms with E-state index in [0.29, 0.717) is 5.75 Å². The van der Waals surface area contributed by atoms with Crippen molar-refractivity contribution in [1.82, 2.24) is 0 Å². The fourth-order valence-corrected chi connectivity index (χ4v) is 4.14. The van der Waals surface area contributed by atoms with Gasteiger partial charge in [0.2, 0.25) is 0 Å².